The lowest BCUT2D eigenvalue weighted by Gasteiger charge is -2.05. The number of hydrogen-bond acceptors (Lipinski definition) is 4. The van der Waals surface area contributed by atoms with Crippen LogP contribution in [0, 0.1) is 6.92 Å². The molecule has 134 valence electrons. The van der Waals surface area contributed by atoms with Gasteiger partial charge in [0.05, 0.1) is 6.54 Å². The number of aromatic nitrogens is 3. The van der Waals surface area contributed by atoms with Crippen LogP contribution in [0.5, 0.6) is 0 Å². The lowest BCUT2D eigenvalue weighted by molar-refractivity contribution is 0.101. The standard InChI is InChI=1S/C21H18N4O2/c1-15-7-5-6-10-17(15)14-25-12-11-20(23-25)22-21(26)18-13-19(27-24-18)16-8-3-2-4-9-16/h2-13H,14H2,1H3,(H,22,23,26). The van der Waals surface area contributed by atoms with Gasteiger partial charge in [0.25, 0.3) is 5.91 Å². The molecule has 4 aromatic rings. The number of carbonyl (C=O) groups is 1. The van der Waals surface area contributed by atoms with Gasteiger partial charge in [0, 0.05) is 23.9 Å². The lowest BCUT2D eigenvalue weighted by Crippen LogP contribution is -2.13. The molecule has 0 saturated heterocycles. The van der Waals surface area contributed by atoms with E-state index in [4.69, 9.17) is 4.52 Å². The molecule has 2 aromatic carbocycles. The SMILES string of the molecule is Cc1ccccc1Cn1ccc(NC(=O)c2cc(-c3ccccc3)on2)n1. The summed E-state index contributed by atoms with van der Waals surface area (Å²) in [5.41, 5.74) is 3.46. The molecule has 27 heavy (non-hydrogen) atoms. The third-order valence-corrected chi connectivity index (χ3v) is 4.28. The number of anilines is 1. The van der Waals surface area contributed by atoms with E-state index in [1.54, 1.807) is 16.8 Å². The smallest absolute Gasteiger partial charge is 0.279 e. The molecule has 4 rings (SSSR count). The maximum absolute atomic E-state index is 12.4. The van der Waals surface area contributed by atoms with Crippen LogP contribution in [-0.4, -0.2) is 20.8 Å². The van der Waals surface area contributed by atoms with Crippen LogP contribution in [0.1, 0.15) is 21.6 Å². The number of carbonyl (C=O) groups excluding carboxylic acids is 1. The summed E-state index contributed by atoms with van der Waals surface area (Å²) >= 11 is 0. The second-order valence-corrected chi connectivity index (χ2v) is 6.22. The van der Waals surface area contributed by atoms with E-state index < -0.39 is 0 Å². The van der Waals surface area contributed by atoms with Crippen molar-refractivity contribution in [2.45, 2.75) is 13.5 Å². The van der Waals surface area contributed by atoms with Crippen LogP contribution in [-0.2, 0) is 6.54 Å². The van der Waals surface area contributed by atoms with Gasteiger partial charge < -0.3 is 9.84 Å². The second-order valence-electron chi connectivity index (χ2n) is 6.22. The third kappa shape index (κ3) is 3.79. The minimum Gasteiger partial charge on any atom is -0.355 e. The molecule has 0 radical (unpaired) electrons. The Balaban J connectivity index is 1.44. The number of hydrogen-bond donors (Lipinski definition) is 1. The Morgan fingerprint density at radius 3 is 2.67 bits per heavy atom. The Morgan fingerprint density at radius 2 is 1.85 bits per heavy atom. The maximum atomic E-state index is 12.4. The summed E-state index contributed by atoms with van der Waals surface area (Å²) in [6, 6.07) is 21.0. The minimum absolute atomic E-state index is 0.210. The molecule has 2 heterocycles. The summed E-state index contributed by atoms with van der Waals surface area (Å²) in [5.74, 6) is 0.658. The van der Waals surface area contributed by atoms with Crippen molar-refractivity contribution in [2.75, 3.05) is 5.32 Å². The molecule has 0 bridgehead atoms. The molecular formula is C21H18N4O2. The number of nitrogens with zero attached hydrogens (tertiary/aromatic N) is 3. The van der Waals surface area contributed by atoms with Gasteiger partial charge in [0.1, 0.15) is 0 Å². The molecule has 6 heteroatoms. The molecule has 0 atom stereocenters. The topological polar surface area (TPSA) is 73.0 Å². The molecule has 0 unspecified atom stereocenters. The van der Waals surface area contributed by atoms with Crippen LogP contribution in [0.15, 0.2) is 77.4 Å². The Bertz CT molecular complexity index is 1070. The predicted molar refractivity (Wildman–Crippen MR) is 102 cm³/mol. The molecule has 0 aliphatic rings. The van der Waals surface area contributed by atoms with Gasteiger partial charge in [0.2, 0.25) is 0 Å². The van der Waals surface area contributed by atoms with Gasteiger partial charge in [-0.25, -0.2) is 0 Å². The fraction of sp³-hybridized carbons (Fsp3) is 0.0952. The van der Waals surface area contributed by atoms with Crippen LogP contribution < -0.4 is 5.32 Å². The van der Waals surface area contributed by atoms with Gasteiger partial charge >= 0.3 is 0 Å². The van der Waals surface area contributed by atoms with E-state index in [0.29, 0.717) is 18.1 Å². The van der Waals surface area contributed by atoms with E-state index in [0.717, 1.165) is 5.56 Å². The van der Waals surface area contributed by atoms with Gasteiger partial charge in [-0.3, -0.25) is 9.48 Å². The highest BCUT2D eigenvalue weighted by Gasteiger charge is 2.15. The van der Waals surface area contributed by atoms with E-state index in [-0.39, 0.29) is 11.6 Å². The molecule has 1 N–H and O–H groups in total. The molecule has 0 aliphatic heterocycles. The minimum atomic E-state index is -0.359. The average Bonchev–Trinajstić information content (AvgIpc) is 3.34. The molecule has 0 saturated carbocycles. The summed E-state index contributed by atoms with van der Waals surface area (Å²) < 4.78 is 7.06. The first-order chi connectivity index (χ1) is 13.2. The van der Waals surface area contributed by atoms with Crippen molar-refractivity contribution in [3.63, 3.8) is 0 Å². The fourth-order valence-corrected chi connectivity index (χ4v) is 2.78. The number of amides is 1. The van der Waals surface area contributed by atoms with Gasteiger partial charge in [-0.15, -0.1) is 0 Å². The number of rotatable bonds is 5. The quantitative estimate of drug-likeness (QED) is 0.582. The molecule has 6 nitrogen and oxygen atoms in total. The normalized spacial score (nSPS) is 10.7. The Hall–Kier alpha value is -3.67. The monoisotopic (exact) mass is 358 g/mol. The number of aryl methyl sites for hydroxylation is 1. The van der Waals surface area contributed by atoms with E-state index in [2.05, 4.69) is 34.6 Å². The van der Waals surface area contributed by atoms with Crippen molar-refractivity contribution in [1.82, 2.24) is 14.9 Å². The zero-order chi connectivity index (χ0) is 18.6. The molecule has 0 aliphatic carbocycles. The highest BCUT2D eigenvalue weighted by molar-refractivity contribution is 6.02. The van der Waals surface area contributed by atoms with Crippen LogP contribution >= 0.6 is 0 Å². The van der Waals surface area contributed by atoms with Crippen LogP contribution in [0.25, 0.3) is 11.3 Å². The predicted octanol–water partition coefficient (Wildman–Crippen LogP) is 4.15. The van der Waals surface area contributed by atoms with E-state index in [1.807, 2.05) is 48.7 Å². The Kier molecular flexibility index (Phi) is 4.53. The fourth-order valence-electron chi connectivity index (χ4n) is 2.78. The first-order valence-electron chi connectivity index (χ1n) is 8.60. The second kappa shape index (κ2) is 7.29. The van der Waals surface area contributed by atoms with Crippen molar-refractivity contribution >= 4 is 11.7 Å². The summed E-state index contributed by atoms with van der Waals surface area (Å²) in [4.78, 5) is 12.4. The van der Waals surface area contributed by atoms with Gasteiger partial charge in [-0.05, 0) is 18.1 Å². The average molecular weight is 358 g/mol. The van der Waals surface area contributed by atoms with E-state index in [9.17, 15) is 4.79 Å². The van der Waals surface area contributed by atoms with Crippen LogP contribution in [0.2, 0.25) is 0 Å². The van der Waals surface area contributed by atoms with Gasteiger partial charge in [0.15, 0.2) is 17.3 Å². The number of nitrogens with one attached hydrogen (secondary N) is 1. The largest absolute Gasteiger partial charge is 0.355 e. The molecule has 2 aromatic heterocycles. The van der Waals surface area contributed by atoms with E-state index >= 15 is 0 Å². The maximum Gasteiger partial charge on any atom is 0.279 e. The van der Waals surface area contributed by atoms with Crippen molar-refractivity contribution in [1.29, 1.82) is 0 Å². The Labute approximate surface area is 156 Å². The van der Waals surface area contributed by atoms with E-state index in [1.165, 1.54) is 11.1 Å². The third-order valence-electron chi connectivity index (χ3n) is 4.28. The van der Waals surface area contributed by atoms with Crippen molar-refractivity contribution in [2.24, 2.45) is 0 Å². The van der Waals surface area contributed by atoms with Crippen molar-refractivity contribution in [3.05, 3.63) is 89.7 Å². The summed E-state index contributed by atoms with van der Waals surface area (Å²) in [6.45, 7) is 2.71. The Morgan fingerprint density at radius 1 is 1.07 bits per heavy atom. The molecular weight excluding hydrogens is 340 g/mol. The first kappa shape index (κ1) is 16.8. The van der Waals surface area contributed by atoms with Gasteiger partial charge in [-0.1, -0.05) is 59.8 Å². The van der Waals surface area contributed by atoms with Crippen LogP contribution in [0.4, 0.5) is 5.82 Å². The zero-order valence-electron chi connectivity index (χ0n) is 14.8. The highest BCUT2D eigenvalue weighted by Crippen LogP contribution is 2.20. The van der Waals surface area contributed by atoms with Crippen LogP contribution in [0.3, 0.4) is 0 Å². The van der Waals surface area contributed by atoms with Crippen molar-refractivity contribution < 1.29 is 9.32 Å². The zero-order valence-corrected chi connectivity index (χ0v) is 14.8. The summed E-state index contributed by atoms with van der Waals surface area (Å²) in [7, 11) is 0. The summed E-state index contributed by atoms with van der Waals surface area (Å²) in [5, 5.41) is 11.0. The highest BCUT2D eigenvalue weighted by atomic mass is 16.5. The van der Waals surface area contributed by atoms with Crippen molar-refractivity contribution in [3.8, 4) is 11.3 Å². The summed E-state index contributed by atoms with van der Waals surface area (Å²) in [6.07, 6.45) is 1.83. The number of benzene rings is 2. The lowest BCUT2D eigenvalue weighted by atomic mass is 10.1. The molecule has 0 fully saturated rings. The molecule has 1 amide bonds. The first-order valence-corrected chi connectivity index (χ1v) is 8.60. The van der Waals surface area contributed by atoms with Gasteiger partial charge in [-0.2, -0.15) is 5.10 Å². The molecule has 0 spiro atoms.